The molecule has 0 bridgehead atoms. The fourth-order valence-electron chi connectivity index (χ4n) is 2.82. The van der Waals surface area contributed by atoms with Crippen molar-refractivity contribution in [3.05, 3.63) is 88.5 Å². The smallest absolute Gasteiger partial charge is 0.210 e. The van der Waals surface area contributed by atoms with Gasteiger partial charge in [0.15, 0.2) is 0 Å². The molecule has 0 fully saturated rings. The molecule has 116 valence electrons. The lowest BCUT2D eigenvalue weighted by atomic mass is 9.93. The van der Waals surface area contributed by atoms with Crippen LogP contribution in [-0.4, -0.2) is 11.6 Å². The van der Waals surface area contributed by atoms with Crippen molar-refractivity contribution >= 4 is 34.1 Å². The minimum atomic E-state index is -0.284. The van der Waals surface area contributed by atoms with Crippen LogP contribution in [0.3, 0.4) is 0 Å². The highest BCUT2D eigenvalue weighted by Gasteiger charge is 2.31. The summed E-state index contributed by atoms with van der Waals surface area (Å²) in [5, 5.41) is 2.21. The summed E-state index contributed by atoms with van der Waals surface area (Å²) in [5.41, 5.74) is 6.80. The molecular weight excluding hydrogens is 318 g/mol. The average molecular weight is 331 g/mol. The Hall–Kier alpha value is -2.85. The number of carbonyl (C=O) groups excluding carboxylic acids is 2. The number of Topliss-reactive ketones (excluding diaryl/α,β-unsaturated/α-hetero) is 2. The summed E-state index contributed by atoms with van der Waals surface area (Å²) in [6.45, 7) is 0. The molecule has 0 saturated heterocycles. The SMILES string of the molecule is NC1=C(Sc2ccc3ccccc3c2)C(=O)c2ccccc2C1=O. The quantitative estimate of drug-likeness (QED) is 0.765. The van der Waals surface area contributed by atoms with E-state index in [9.17, 15) is 9.59 Å². The molecule has 0 aliphatic heterocycles. The Morgan fingerprint density at radius 3 is 2.08 bits per heavy atom. The van der Waals surface area contributed by atoms with Gasteiger partial charge in [-0.1, -0.05) is 66.4 Å². The van der Waals surface area contributed by atoms with Gasteiger partial charge in [0.05, 0.1) is 10.6 Å². The second-order valence-electron chi connectivity index (χ2n) is 5.56. The Morgan fingerprint density at radius 1 is 0.708 bits per heavy atom. The van der Waals surface area contributed by atoms with Crippen LogP contribution in [0.5, 0.6) is 0 Å². The Morgan fingerprint density at radius 2 is 1.33 bits per heavy atom. The van der Waals surface area contributed by atoms with Crippen molar-refractivity contribution in [2.75, 3.05) is 0 Å². The Kier molecular flexibility index (Phi) is 3.47. The van der Waals surface area contributed by atoms with E-state index in [0.29, 0.717) is 16.0 Å². The van der Waals surface area contributed by atoms with E-state index in [0.717, 1.165) is 15.7 Å². The zero-order chi connectivity index (χ0) is 16.7. The molecule has 0 atom stereocenters. The van der Waals surface area contributed by atoms with Crippen molar-refractivity contribution in [3.8, 4) is 0 Å². The molecule has 2 N–H and O–H groups in total. The van der Waals surface area contributed by atoms with Gasteiger partial charge in [0, 0.05) is 16.0 Å². The minimum Gasteiger partial charge on any atom is -0.395 e. The number of hydrogen-bond donors (Lipinski definition) is 1. The van der Waals surface area contributed by atoms with E-state index in [4.69, 9.17) is 5.73 Å². The molecule has 3 aromatic carbocycles. The van der Waals surface area contributed by atoms with Gasteiger partial charge in [-0.15, -0.1) is 0 Å². The molecule has 0 aromatic heterocycles. The maximum absolute atomic E-state index is 12.7. The third kappa shape index (κ3) is 2.32. The first-order chi connectivity index (χ1) is 11.6. The molecule has 4 rings (SSSR count). The van der Waals surface area contributed by atoms with Gasteiger partial charge in [-0.25, -0.2) is 0 Å². The van der Waals surface area contributed by atoms with Crippen molar-refractivity contribution in [1.29, 1.82) is 0 Å². The maximum atomic E-state index is 12.7. The molecule has 3 nitrogen and oxygen atoms in total. The lowest BCUT2D eigenvalue weighted by Gasteiger charge is -2.18. The lowest BCUT2D eigenvalue weighted by molar-refractivity contribution is 0.0980. The van der Waals surface area contributed by atoms with Crippen molar-refractivity contribution in [3.63, 3.8) is 0 Å². The highest BCUT2D eigenvalue weighted by Crippen LogP contribution is 2.36. The summed E-state index contributed by atoms with van der Waals surface area (Å²) in [4.78, 5) is 26.3. The summed E-state index contributed by atoms with van der Waals surface area (Å²) in [6.07, 6.45) is 0. The Bertz CT molecular complexity index is 1040. The van der Waals surface area contributed by atoms with Crippen LogP contribution in [0.15, 0.2) is 82.2 Å². The van der Waals surface area contributed by atoms with Crippen LogP contribution >= 0.6 is 11.8 Å². The largest absolute Gasteiger partial charge is 0.395 e. The van der Waals surface area contributed by atoms with Crippen LogP contribution in [0.4, 0.5) is 0 Å². The Balaban J connectivity index is 1.76. The summed E-state index contributed by atoms with van der Waals surface area (Å²) < 4.78 is 0. The van der Waals surface area contributed by atoms with E-state index in [-0.39, 0.29) is 17.3 Å². The van der Waals surface area contributed by atoms with Gasteiger partial charge in [0.1, 0.15) is 0 Å². The molecule has 0 heterocycles. The molecule has 3 aromatic rings. The van der Waals surface area contributed by atoms with Gasteiger partial charge >= 0.3 is 0 Å². The fraction of sp³-hybridized carbons (Fsp3) is 0. The molecule has 0 saturated carbocycles. The van der Waals surface area contributed by atoms with Crippen LogP contribution in [-0.2, 0) is 0 Å². The molecule has 4 heteroatoms. The van der Waals surface area contributed by atoms with Crippen LogP contribution in [0.25, 0.3) is 10.8 Å². The average Bonchev–Trinajstić information content (AvgIpc) is 2.63. The highest BCUT2D eigenvalue weighted by molar-refractivity contribution is 8.04. The van der Waals surface area contributed by atoms with Crippen LogP contribution in [0, 0.1) is 0 Å². The number of fused-ring (bicyclic) bond motifs is 2. The third-order valence-corrected chi connectivity index (χ3v) is 5.15. The summed E-state index contributed by atoms with van der Waals surface area (Å²) in [7, 11) is 0. The highest BCUT2D eigenvalue weighted by atomic mass is 32.2. The first-order valence-corrected chi connectivity index (χ1v) is 8.31. The molecule has 1 aliphatic rings. The van der Waals surface area contributed by atoms with E-state index in [2.05, 4.69) is 0 Å². The van der Waals surface area contributed by atoms with E-state index < -0.39 is 0 Å². The van der Waals surface area contributed by atoms with Crippen LogP contribution in [0.1, 0.15) is 20.7 Å². The van der Waals surface area contributed by atoms with E-state index in [1.54, 1.807) is 24.3 Å². The number of carbonyl (C=O) groups is 2. The summed E-state index contributed by atoms with van der Waals surface area (Å²) in [5.74, 6) is -0.477. The number of allylic oxidation sites excluding steroid dienone is 2. The molecule has 0 radical (unpaired) electrons. The number of hydrogen-bond acceptors (Lipinski definition) is 4. The molecule has 0 spiro atoms. The summed E-state index contributed by atoms with van der Waals surface area (Å²) >= 11 is 1.25. The third-order valence-electron chi connectivity index (χ3n) is 4.05. The molecule has 24 heavy (non-hydrogen) atoms. The van der Waals surface area contributed by atoms with E-state index in [1.165, 1.54) is 11.8 Å². The standard InChI is InChI=1S/C20H13NO2S/c21-17-18(22)15-7-3-4-8-16(15)19(23)20(17)24-14-10-9-12-5-1-2-6-13(12)11-14/h1-11H,21H2. The topological polar surface area (TPSA) is 60.2 Å². The van der Waals surface area contributed by atoms with Gasteiger partial charge < -0.3 is 5.73 Å². The molecule has 1 aliphatic carbocycles. The zero-order valence-corrected chi connectivity index (χ0v) is 13.5. The van der Waals surface area contributed by atoms with Gasteiger partial charge in [-0.05, 0) is 22.9 Å². The van der Waals surface area contributed by atoms with Crippen LogP contribution in [0.2, 0.25) is 0 Å². The van der Waals surface area contributed by atoms with Crippen LogP contribution < -0.4 is 5.73 Å². The van der Waals surface area contributed by atoms with Gasteiger partial charge in [0.25, 0.3) is 0 Å². The van der Waals surface area contributed by atoms with E-state index >= 15 is 0 Å². The normalized spacial score (nSPS) is 14.2. The number of nitrogens with two attached hydrogens (primary N) is 1. The fourth-order valence-corrected chi connectivity index (χ4v) is 3.79. The minimum absolute atomic E-state index is 0.0249. The second kappa shape index (κ2) is 5.65. The second-order valence-corrected chi connectivity index (χ2v) is 6.64. The first-order valence-electron chi connectivity index (χ1n) is 7.50. The van der Waals surface area contributed by atoms with Gasteiger partial charge in [-0.3, -0.25) is 9.59 Å². The monoisotopic (exact) mass is 331 g/mol. The van der Waals surface area contributed by atoms with Gasteiger partial charge in [0.2, 0.25) is 11.6 Å². The maximum Gasteiger partial charge on any atom is 0.210 e. The number of rotatable bonds is 2. The molecule has 0 amide bonds. The molecular formula is C20H13NO2S. The predicted octanol–water partition coefficient (Wildman–Crippen LogP) is 4.18. The zero-order valence-electron chi connectivity index (χ0n) is 12.7. The molecule has 0 unspecified atom stereocenters. The van der Waals surface area contributed by atoms with Crippen molar-refractivity contribution in [1.82, 2.24) is 0 Å². The predicted molar refractivity (Wildman–Crippen MR) is 96.1 cm³/mol. The van der Waals surface area contributed by atoms with Crippen molar-refractivity contribution in [2.45, 2.75) is 4.90 Å². The first kappa shape index (κ1) is 14.7. The van der Waals surface area contributed by atoms with Crippen molar-refractivity contribution < 1.29 is 9.59 Å². The van der Waals surface area contributed by atoms with Gasteiger partial charge in [-0.2, -0.15) is 0 Å². The number of thioether (sulfide) groups is 1. The summed E-state index contributed by atoms with van der Waals surface area (Å²) in [6, 6.07) is 20.7. The number of benzene rings is 3. The Labute approximate surface area is 143 Å². The number of ketones is 2. The lowest BCUT2D eigenvalue weighted by Crippen LogP contribution is -2.25. The van der Waals surface area contributed by atoms with E-state index in [1.807, 2.05) is 42.5 Å². The van der Waals surface area contributed by atoms with Crippen molar-refractivity contribution in [2.24, 2.45) is 5.73 Å².